The van der Waals surface area contributed by atoms with Crippen LogP contribution in [0.15, 0.2) is 59.7 Å². The number of aromatic hydroxyl groups is 2. The third-order valence-electron chi connectivity index (χ3n) is 6.04. The van der Waals surface area contributed by atoms with Gasteiger partial charge in [0.25, 0.3) is 0 Å². The minimum Gasteiger partial charge on any atom is -0.507 e. The standard InChI is InChI=1S/C27H32O4/c1-17(2)6-5-7-19-10-13-22(23(14-19)20-11-8-18(3)9-12-20)27(30)26-24(28)15-21(31-4)16-25(26)29/h6,8-12,15-16,22-23,28-29H,5,7,13-14H2,1-4H3/t22-,23+/m0/s1. The molecular formula is C27H32O4. The van der Waals surface area contributed by atoms with Gasteiger partial charge in [-0.1, -0.05) is 53.1 Å². The molecule has 0 aliphatic heterocycles. The zero-order valence-corrected chi connectivity index (χ0v) is 18.8. The highest BCUT2D eigenvalue weighted by Crippen LogP contribution is 2.43. The molecule has 2 aromatic carbocycles. The minimum atomic E-state index is -0.347. The van der Waals surface area contributed by atoms with Gasteiger partial charge >= 0.3 is 0 Å². The van der Waals surface area contributed by atoms with Gasteiger partial charge in [0, 0.05) is 18.1 Å². The van der Waals surface area contributed by atoms with Crippen LogP contribution in [0.3, 0.4) is 0 Å². The summed E-state index contributed by atoms with van der Waals surface area (Å²) in [6, 6.07) is 11.1. The normalized spacial score (nSPS) is 18.3. The summed E-state index contributed by atoms with van der Waals surface area (Å²) in [5, 5.41) is 20.9. The van der Waals surface area contributed by atoms with Crippen LogP contribution >= 0.6 is 0 Å². The highest BCUT2D eigenvalue weighted by molar-refractivity contribution is 6.03. The Bertz CT molecular complexity index is 971. The van der Waals surface area contributed by atoms with Crippen LogP contribution in [-0.2, 0) is 0 Å². The molecule has 0 fully saturated rings. The van der Waals surface area contributed by atoms with Gasteiger partial charge < -0.3 is 14.9 Å². The third kappa shape index (κ3) is 5.38. The predicted octanol–water partition coefficient (Wildman–Crippen LogP) is 6.46. The van der Waals surface area contributed by atoms with E-state index < -0.39 is 0 Å². The molecule has 1 aliphatic carbocycles. The molecule has 0 radical (unpaired) electrons. The van der Waals surface area contributed by atoms with Gasteiger partial charge in [0.1, 0.15) is 22.8 Å². The van der Waals surface area contributed by atoms with Crippen LogP contribution in [0.1, 0.15) is 66.9 Å². The Labute approximate surface area is 184 Å². The Hall–Kier alpha value is -3.01. The van der Waals surface area contributed by atoms with E-state index in [0.717, 1.165) is 24.8 Å². The molecule has 2 N–H and O–H groups in total. The number of hydrogen-bond donors (Lipinski definition) is 2. The number of ketones is 1. The summed E-state index contributed by atoms with van der Waals surface area (Å²) in [6.07, 6.45) is 7.78. The van der Waals surface area contributed by atoms with Crippen LogP contribution in [0, 0.1) is 12.8 Å². The summed E-state index contributed by atoms with van der Waals surface area (Å²) in [4.78, 5) is 13.5. The van der Waals surface area contributed by atoms with Gasteiger partial charge in [-0.15, -0.1) is 0 Å². The zero-order chi connectivity index (χ0) is 22.5. The highest BCUT2D eigenvalue weighted by Gasteiger charge is 2.35. The van der Waals surface area contributed by atoms with Crippen molar-refractivity contribution in [2.75, 3.05) is 7.11 Å². The maximum atomic E-state index is 13.5. The van der Waals surface area contributed by atoms with E-state index in [9.17, 15) is 15.0 Å². The average Bonchev–Trinajstić information content (AvgIpc) is 2.73. The number of hydrogen-bond acceptors (Lipinski definition) is 4. The van der Waals surface area contributed by atoms with E-state index >= 15 is 0 Å². The van der Waals surface area contributed by atoms with Crippen molar-refractivity contribution in [3.63, 3.8) is 0 Å². The van der Waals surface area contributed by atoms with Crippen molar-refractivity contribution < 1.29 is 19.7 Å². The maximum Gasteiger partial charge on any atom is 0.174 e. The van der Waals surface area contributed by atoms with Gasteiger partial charge in [0.15, 0.2) is 5.78 Å². The Morgan fingerprint density at radius 1 is 1.13 bits per heavy atom. The number of ether oxygens (including phenoxy) is 1. The topological polar surface area (TPSA) is 66.8 Å². The maximum absolute atomic E-state index is 13.5. The average molecular weight is 421 g/mol. The fourth-order valence-electron chi connectivity index (χ4n) is 4.31. The molecule has 0 heterocycles. The predicted molar refractivity (Wildman–Crippen MR) is 124 cm³/mol. The molecule has 0 saturated heterocycles. The van der Waals surface area contributed by atoms with Crippen LogP contribution in [0.5, 0.6) is 17.2 Å². The van der Waals surface area contributed by atoms with Crippen LogP contribution < -0.4 is 4.74 Å². The fraction of sp³-hybridized carbons (Fsp3) is 0.370. The first-order valence-electron chi connectivity index (χ1n) is 10.8. The lowest BCUT2D eigenvalue weighted by molar-refractivity contribution is 0.0889. The summed E-state index contributed by atoms with van der Waals surface area (Å²) in [5.41, 5.74) is 4.93. The number of benzene rings is 2. The Morgan fingerprint density at radius 2 is 1.77 bits per heavy atom. The number of rotatable bonds is 7. The van der Waals surface area contributed by atoms with Gasteiger partial charge in [-0.2, -0.15) is 0 Å². The van der Waals surface area contributed by atoms with Crippen molar-refractivity contribution in [1.29, 1.82) is 0 Å². The first-order valence-corrected chi connectivity index (χ1v) is 10.8. The lowest BCUT2D eigenvalue weighted by atomic mass is 9.71. The van der Waals surface area contributed by atoms with Gasteiger partial charge in [-0.3, -0.25) is 4.79 Å². The third-order valence-corrected chi connectivity index (χ3v) is 6.04. The molecule has 0 unspecified atom stereocenters. The first-order chi connectivity index (χ1) is 14.8. The van der Waals surface area contributed by atoms with E-state index in [0.29, 0.717) is 12.2 Å². The largest absolute Gasteiger partial charge is 0.507 e. The van der Waals surface area contributed by atoms with Crippen molar-refractivity contribution in [3.05, 3.63) is 76.4 Å². The van der Waals surface area contributed by atoms with Gasteiger partial charge in [-0.25, -0.2) is 0 Å². The highest BCUT2D eigenvalue weighted by atomic mass is 16.5. The summed E-state index contributed by atoms with van der Waals surface area (Å²) in [6.45, 7) is 6.26. The van der Waals surface area contributed by atoms with Crippen molar-refractivity contribution in [2.24, 2.45) is 5.92 Å². The van der Waals surface area contributed by atoms with E-state index in [2.05, 4.69) is 50.3 Å². The molecule has 0 aromatic heterocycles. The van der Waals surface area contributed by atoms with Gasteiger partial charge in [0.05, 0.1) is 7.11 Å². The number of allylic oxidation sites excluding steroid dienone is 4. The van der Waals surface area contributed by atoms with Crippen molar-refractivity contribution in [1.82, 2.24) is 0 Å². The molecule has 4 nitrogen and oxygen atoms in total. The monoisotopic (exact) mass is 420 g/mol. The molecule has 1 aliphatic rings. The Balaban J connectivity index is 1.94. The second-order valence-corrected chi connectivity index (χ2v) is 8.65. The number of Topliss-reactive ketones (excluding diaryl/α,β-unsaturated/α-hetero) is 1. The molecule has 0 amide bonds. The molecule has 2 aromatic rings. The number of aryl methyl sites for hydroxylation is 1. The van der Waals surface area contributed by atoms with Crippen LogP contribution in [-0.4, -0.2) is 23.1 Å². The fourth-order valence-corrected chi connectivity index (χ4v) is 4.31. The summed E-state index contributed by atoms with van der Waals surface area (Å²) >= 11 is 0. The van der Waals surface area contributed by atoms with E-state index in [1.807, 2.05) is 6.92 Å². The Morgan fingerprint density at radius 3 is 2.35 bits per heavy atom. The molecular weight excluding hydrogens is 388 g/mol. The number of phenols is 2. The first kappa shape index (κ1) is 22.7. The van der Waals surface area contributed by atoms with Crippen molar-refractivity contribution in [3.8, 4) is 17.2 Å². The summed E-state index contributed by atoms with van der Waals surface area (Å²) < 4.78 is 5.08. The number of phenolic OH excluding ortho intramolecular Hbond substituents is 2. The quantitative estimate of drug-likeness (QED) is 0.398. The SMILES string of the molecule is COc1cc(O)c(C(=O)[C@H]2CC=C(CCC=C(C)C)C[C@@H]2c2ccc(C)cc2)c(O)c1. The second kappa shape index (κ2) is 9.86. The van der Waals surface area contributed by atoms with E-state index in [4.69, 9.17) is 4.74 Å². The molecule has 3 rings (SSSR count). The van der Waals surface area contributed by atoms with Crippen molar-refractivity contribution >= 4 is 5.78 Å². The molecule has 0 spiro atoms. The molecule has 31 heavy (non-hydrogen) atoms. The molecule has 4 heteroatoms. The Kier molecular flexibility index (Phi) is 7.21. The minimum absolute atomic E-state index is 0.000653. The van der Waals surface area contributed by atoms with Gasteiger partial charge in [0.2, 0.25) is 0 Å². The summed E-state index contributed by atoms with van der Waals surface area (Å²) in [5.74, 6) is -0.763. The van der Waals surface area contributed by atoms with Crippen molar-refractivity contribution in [2.45, 2.75) is 52.4 Å². The van der Waals surface area contributed by atoms with Crippen LogP contribution in [0.2, 0.25) is 0 Å². The lowest BCUT2D eigenvalue weighted by Crippen LogP contribution is -2.26. The van der Waals surface area contributed by atoms with Gasteiger partial charge in [-0.05, 0) is 57.9 Å². The number of methoxy groups -OCH3 is 1. The molecule has 0 bridgehead atoms. The summed E-state index contributed by atoms with van der Waals surface area (Å²) in [7, 11) is 1.45. The van der Waals surface area contributed by atoms with E-state index in [1.54, 1.807) is 0 Å². The number of carbonyl (C=O) groups is 1. The van der Waals surface area contributed by atoms with Crippen LogP contribution in [0.25, 0.3) is 0 Å². The molecule has 0 saturated carbocycles. The molecule has 164 valence electrons. The van der Waals surface area contributed by atoms with Crippen LogP contribution in [0.4, 0.5) is 0 Å². The molecule has 2 atom stereocenters. The van der Waals surface area contributed by atoms with E-state index in [-0.39, 0.29) is 34.7 Å². The number of carbonyl (C=O) groups excluding carboxylic acids is 1. The zero-order valence-electron chi connectivity index (χ0n) is 18.8. The lowest BCUT2D eigenvalue weighted by Gasteiger charge is -2.31. The second-order valence-electron chi connectivity index (χ2n) is 8.65. The smallest absolute Gasteiger partial charge is 0.174 e. The van der Waals surface area contributed by atoms with E-state index in [1.165, 1.54) is 36.0 Å².